The fourth-order valence-corrected chi connectivity index (χ4v) is 2.66. The predicted molar refractivity (Wildman–Crippen MR) is 82.3 cm³/mol. The molecule has 0 unspecified atom stereocenters. The Morgan fingerprint density at radius 3 is 3.15 bits per heavy atom. The third kappa shape index (κ3) is 4.45. The molecule has 20 heavy (non-hydrogen) atoms. The number of halogens is 1. The summed E-state index contributed by atoms with van der Waals surface area (Å²) < 4.78 is 12.3. The van der Waals surface area contributed by atoms with E-state index in [1.54, 1.807) is 0 Å². The number of nitrogens with zero attached hydrogens (tertiary/aromatic N) is 1. The molecular formula is C15H22BrNO3. The summed E-state index contributed by atoms with van der Waals surface area (Å²) >= 11 is 3.51. The van der Waals surface area contributed by atoms with Gasteiger partial charge in [-0.15, -0.1) is 0 Å². The van der Waals surface area contributed by atoms with Gasteiger partial charge in [0.05, 0.1) is 25.9 Å². The van der Waals surface area contributed by atoms with Crippen molar-refractivity contribution in [2.75, 3.05) is 39.5 Å². The maximum absolute atomic E-state index is 9.10. The topological polar surface area (TPSA) is 41.9 Å². The Kier molecular flexibility index (Phi) is 6.29. The zero-order valence-electron chi connectivity index (χ0n) is 11.8. The van der Waals surface area contributed by atoms with E-state index in [1.165, 1.54) is 0 Å². The Morgan fingerprint density at radius 1 is 1.50 bits per heavy atom. The summed E-state index contributed by atoms with van der Waals surface area (Å²) in [6.07, 6.45) is 0.946. The monoisotopic (exact) mass is 343 g/mol. The van der Waals surface area contributed by atoms with Crippen LogP contribution in [-0.2, 0) is 4.74 Å². The lowest BCUT2D eigenvalue weighted by Gasteiger charge is -2.31. The van der Waals surface area contributed by atoms with Gasteiger partial charge in [-0.1, -0.05) is 22.0 Å². The second kappa shape index (κ2) is 7.98. The molecule has 1 aromatic rings. The molecule has 0 radical (unpaired) electrons. The van der Waals surface area contributed by atoms with Gasteiger partial charge in [0.2, 0.25) is 0 Å². The Labute approximate surface area is 128 Å². The zero-order chi connectivity index (χ0) is 14.4. The van der Waals surface area contributed by atoms with Crippen LogP contribution in [0.3, 0.4) is 0 Å². The molecule has 1 heterocycles. The van der Waals surface area contributed by atoms with Crippen LogP contribution in [0.2, 0.25) is 0 Å². The maximum atomic E-state index is 9.10. The number of ether oxygens (including phenoxy) is 2. The molecule has 0 bridgehead atoms. The van der Waals surface area contributed by atoms with Gasteiger partial charge in [-0.25, -0.2) is 0 Å². The molecule has 0 amide bonds. The first-order valence-electron chi connectivity index (χ1n) is 7.03. The molecule has 4 nitrogen and oxygen atoms in total. The van der Waals surface area contributed by atoms with Crippen LogP contribution in [0.1, 0.15) is 12.0 Å². The Morgan fingerprint density at radius 2 is 2.35 bits per heavy atom. The number of hydrogen-bond acceptors (Lipinski definition) is 4. The van der Waals surface area contributed by atoms with E-state index in [9.17, 15) is 0 Å². The van der Waals surface area contributed by atoms with Gasteiger partial charge in [-0.05, 0) is 25.5 Å². The van der Waals surface area contributed by atoms with E-state index in [-0.39, 0.29) is 12.7 Å². The number of hydrogen-bond donors (Lipinski definition) is 1. The molecule has 5 heteroatoms. The Hall–Kier alpha value is -0.620. The molecule has 0 saturated carbocycles. The van der Waals surface area contributed by atoms with E-state index < -0.39 is 0 Å². The van der Waals surface area contributed by atoms with Crippen molar-refractivity contribution in [3.63, 3.8) is 0 Å². The van der Waals surface area contributed by atoms with E-state index in [0.29, 0.717) is 13.2 Å². The maximum Gasteiger partial charge on any atom is 0.123 e. The molecule has 0 spiro atoms. The van der Waals surface area contributed by atoms with E-state index >= 15 is 0 Å². The molecule has 1 saturated heterocycles. The molecule has 0 aromatic heterocycles. The summed E-state index contributed by atoms with van der Waals surface area (Å²) in [5.41, 5.74) is 1.14. The fraction of sp³-hybridized carbons (Fsp3) is 0.600. The summed E-state index contributed by atoms with van der Waals surface area (Å²) in [5.74, 6) is 0.939. The highest BCUT2D eigenvalue weighted by molar-refractivity contribution is 9.10. The minimum Gasteiger partial charge on any atom is -0.493 e. The van der Waals surface area contributed by atoms with E-state index in [4.69, 9.17) is 14.6 Å². The molecule has 112 valence electrons. The molecule has 1 atom stereocenters. The largest absolute Gasteiger partial charge is 0.493 e. The second-order valence-corrected chi connectivity index (χ2v) is 5.90. The quantitative estimate of drug-likeness (QED) is 0.804. The lowest BCUT2D eigenvalue weighted by molar-refractivity contribution is -0.0533. The van der Waals surface area contributed by atoms with Crippen LogP contribution in [0.4, 0.5) is 0 Å². The van der Waals surface area contributed by atoms with Crippen LogP contribution >= 0.6 is 15.9 Å². The number of aliphatic hydroxyl groups is 1. The smallest absolute Gasteiger partial charge is 0.123 e. The van der Waals surface area contributed by atoms with E-state index in [1.807, 2.05) is 25.1 Å². The third-order valence-corrected chi connectivity index (χ3v) is 4.38. The van der Waals surface area contributed by atoms with Gasteiger partial charge in [0, 0.05) is 29.7 Å². The van der Waals surface area contributed by atoms with Crippen molar-refractivity contribution in [1.29, 1.82) is 0 Å². The minimum atomic E-state index is -0.0306. The molecular weight excluding hydrogens is 322 g/mol. The number of rotatable bonds is 6. The van der Waals surface area contributed by atoms with Gasteiger partial charge in [0.1, 0.15) is 5.75 Å². The highest BCUT2D eigenvalue weighted by atomic mass is 79.9. The molecule has 1 fully saturated rings. The van der Waals surface area contributed by atoms with Crippen molar-refractivity contribution in [1.82, 2.24) is 4.90 Å². The molecule has 1 aliphatic heterocycles. The van der Waals surface area contributed by atoms with Gasteiger partial charge < -0.3 is 14.6 Å². The molecule has 0 aliphatic carbocycles. The molecule has 2 rings (SSSR count). The first kappa shape index (κ1) is 15.8. The van der Waals surface area contributed by atoms with Crippen molar-refractivity contribution >= 4 is 15.9 Å². The van der Waals surface area contributed by atoms with Crippen molar-refractivity contribution in [2.24, 2.45) is 0 Å². The summed E-state index contributed by atoms with van der Waals surface area (Å²) in [6, 6.07) is 6.00. The Bertz CT molecular complexity index is 428. The van der Waals surface area contributed by atoms with Crippen LogP contribution in [0.15, 0.2) is 22.7 Å². The van der Waals surface area contributed by atoms with E-state index in [0.717, 1.165) is 41.8 Å². The summed E-state index contributed by atoms with van der Waals surface area (Å²) in [4.78, 5) is 2.32. The van der Waals surface area contributed by atoms with Crippen molar-refractivity contribution < 1.29 is 14.6 Å². The SMILES string of the molecule is Cc1c(Br)cccc1OCCCN1CCO[C@@H](CO)C1. The summed E-state index contributed by atoms with van der Waals surface area (Å²) in [6.45, 7) is 6.29. The van der Waals surface area contributed by atoms with Crippen LogP contribution in [0.5, 0.6) is 5.75 Å². The van der Waals surface area contributed by atoms with Crippen molar-refractivity contribution in [3.8, 4) is 5.75 Å². The minimum absolute atomic E-state index is 0.0306. The normalized spacial score (nSPS) is 20.1. The van der Waals surface area contributed by atoms with Crippen LogP contribution < -0.4 is 4.74 Å². The molecule has 1 aromatic carbocycles. The Balaban J connectivity index is 1.70. The number of aliphatic hydroxyl groups excluding tert-OH is 1. The zero-order valence-corrected chi connectivity index (χ0v) is 13.4. The third-order valence-electron chi connectivity index (χ3n) is 3.52. The van der Waals surface area contributed by atoms with Crippen molar-refractivity contribution in [2.45, 2.75) is 19.4 Å². The van der Waals surface area contributed by atoms with Gasteiger partial charge in [-0.2, -0.15) is 0 Å². The molecule has 1 N–H and O–H groups in total. The lowest BCUT2D eigenvalue weighted by atomic mass is 10.2. The molecule has 1 aliphatic rings. The van der Waals surface area contributed by atoms with Crippen LogP contribution in [0, 0.1) is 6.92 Å². The summed E-state index contributed by atoms with van der Waals surface area (Å²) in [5, 5.41) is 9.10. The average Bonchev–Trinajstić information content (AvgIpc) is 2.48. The summed E-state index contributed by atoms with van der Waals surface area (Å²) in [7, 11) is 0. The fourth-order valence-electron chi connectivity index (χ4n) is 2.31. The van der Waals surface area contributed by atoms with Gasteiger partial charge in [0.25, 0.3) is 0 Å². The van der Waals surface area contributed by atoms with Crippen LogP contribution in [-0.4, -0.2) is 55.6 Å². The first-order chi connectivity index (χ1) is 9.70. The van der Waals surface area contributed by atoms with Crippen LogP contribution in [0.25, 0.3) is 0 Å². The predicted octanol–water partition coefficient (Wildman–Crippen LogP) is 2.22. The number of benzene rings is 1. The second-order valence-electron chi connectivity index (χ2n) is 5.04. The number of morpholine rings is 1. The average molecular weight is 344 g/mol. The first-order valence-corrected chi connectivity index (χ1v) is 7.82. The standard InChI is InChI=1S/C15H22BrNO3/c1-12-14(16)4-2-5-15(12)20-8-3-6-17-7-9-19-13(10-17)11-18/h2,4-5,13,18H,3,6-11H2,1H3/t13-/m1/s1. The van der Waals surface area contributed by atoms with E-state index in [2.05, 4.69) is 20.8 Å². The van der Waals surface area contributed by atoms with Gasteiger partial charge in [0.15, 0.2) is 0 Å². The van der Waals surface area contributed by atoms with Gasteiger partial charge >= 0.3 is 0 Å². The van der Waals surface area contributed by atoms with Crippen molar-refractivity contribution in [3.05, 3.63) is 28.2 Å². The van der Waals surface area contributed by atoms with Gasteiger partial charge in [-0.3, -0.25) is 4.90 Å². The highest BCUT2D eigenvalue weighted by Gasteiger charge is 2.18. The lowest BCUT2D eigenvalue weighted by Crippen LogP contribution is -2.44. The highest BCUT2D eigenvalue weighted by Crippen LogP contribution is 2.25.